The Bertz CT molecular complexity index is 996. The molecule has 0 atom stereocenters. The SMILES string of the molecule is CCOC(=O)c1cnc(-c2cc(C3=C[CH]3)c3c(F)cccc3c2)s1.[HH]. The van der Waals surface area contributed by atoms with Crippen LogP contribution in [0.5, 0.6) is 0 Å². The van der Waals surface area contributed by atoms with Crippen LogP contribution in [0, 0.1) is 12.2 Å². The van der Waals surface area contributed by atoms with Crippen LogP contribution >= 0.6 is 11.3 Å². The van der Waals surface area contributed by atoms with E-state index >= 15 is 0 Å². The van der Waals surface area contributed by atoms with Gasteiger partial charge in [0.1, 0.15) is 15.7 Å². The third-order valence-corrected chi connectivity index (χ3v) is 4.83. The lowest BCUT2D eigenvalue weighted by Gasteiger charge is -2.08. The summed E-state index contributed by atoms with van der Waals surface area (Å²) in [6.45, 7) is 2.10. The second-order valence-electron chi connectivity index (χ2n) is 5.40. The van der Waals surface area contributed by atoms with Gasteiger partial charge in [0.15, 0.2) is 0 Å². The quantitative estimate of drug-likeness (QED) is 0.618. The first-order valence-corrected chi connectivity index (χ1v) is 8.40. The highest BCUT2D eigenvalue weighted by atomic mass is 32.1. The Morgan fingerprint density at radius 3 is 2.96 bits per heavy atom. The predicted octanol–water partition coefficient (Wildman–Crippen LogP) is 5.13. The number of halogens is 1. The van der Waals surface area contributed by atoms with Crippen LogP contribution in [0.15, 0.2) is 42.6 Å². The Balaban J connectivity index is 0.00000182. The van der Waals surface area contributed by atoms with Crippen LogP contribution in [0.25, 0.3) is 26.9 Å². The first-order chi connectivity index (χ1) is 11.7. The topological polar surface area (TPSA) is 39.2 Å². The molecule has 1 radical (unpaired) electrons. The number of rotatable bonds is 4. The van der Waals surface area contributed by atoms with Crippen molar-refractivity contribution >= 4 is 33.7 Å². The second kappa shape index (κ2) is 5.83. The number of fused-ring (bicyclic) bond motifs is 1. The first kappa shape index (κ1) is 15.0. The minimum atomic E-state index is -0.369. The van der Waals surface area contributed by atoms with Crippen molar-refractivity contribution in [2.24, 2.45) is 0 Å². The van der Waals surface area contributed by atoms with Gasteiger partial charge in [0, 0.05) is 18.8 Å². The Hall–Kier alpha value is -2.53. The van der Waals surface area contributed by atoms with Crippen molar-refractivity contribution in [1.29, 1.82) is 0 Å². The lowest BCUT2D eigenvalue weighted by molar-refractivity contribution is 0.0532. The number of thiazole rings is 1. The van der Waals surface area contributed by atoms with Crippen LogP contribution < -0.4 is 0 Å². The van der Waals surface area contributed by atoms with Crippen molar-refractivity contribution in [3.8, 4) is 10.6 Å². The van der Waals surface area contributed by atoms with Gasteiger partial charge >= 0.3 is 5.97 Å². The molecule has 1 aliphatic carbocycles. The van der Waals surface area contributed by atoms with E-state index in [1.807, 2.05) is 30.7 Å². The molecule has 5 heteroatoms. The molecule has 3 aromatic rings. The minimum Gasteiger partial charge on any atom is -0.462 e. The van der Waals surface area contributed by atoms with Gasteiger partial charge in [0.2, 0.25) is 0 Å². The standard InChI is InChI=1S/C19H13FNO2S.H2/c1-2-23-19(22)16-10-21-18(24-16)13-8-12-4-3-5-15(20)17(12)14(9-13)11-6-7-11;/h3-10H,2H2,1H3;1H. The molecule has 0 aliphatic heterocycles. The van der Waals surface area contributed by atoms with E-state index in [0.717, 1.165) is 22.1 Å². The Kier molecular flexibility index (Phi) is 3.65. The first-order valence-electron chi connectivity index (χ1n) is 7.58. The predicted molar refractivity (Wildman–Crippen MR) is 95.4 cm³/mol. The molecular weight excluding hydrogens is 325 g/mol. The van der Waals surface area contributed by atoms with Gasteiger partial charge in [0.25, 0.3) is 0 Å². The minimum absolute atomic E-state index is 0. The number of nitrogens with zero attached hydrogens (tertiary/aromatic N) is 1. The summed E-state index contributed by atoms with van der Waals surface area (Å²) in [5.74, 6) is -0.604. The fraction of sp³-hybridized carbons (Fsp3) is 0.105. The molecule has 1 aliphatic rings. The number of benzene rings is 2. The molecule has 0 saturated heterocycles. The third-order valence-electron chi connectivity index (χ3n) is 3.80. The molecule has 0 amide bonds. The molecule has 0 fully saturated rings. The molecule has 0 saturated carbocycles. The normalized spacial score (nSPS) is 13.0. The van der Waals surface area contributed by atoms with E-state index in [9.17, 15) is 9.18 Å². The molecule has 0 spiro atoms. The van der Waals surface area contributed by atoms with Crippen LogP contribution in [-0.4, -0.2) is 17.6 Å². The number of carbonyl (C=O) groups is 1. The van der Waals surface area contributed by atoms with E-state index in [4.69, 9.17) is 4.74 Å². The van der Waals surface area contributed by atoms with Crippen LogP contribution in [0.4, 0.5) is 4.39 Å². The summed E-state index contributed by atoms with van der Waals surface area (Å²) < 4.78 is 19.3. The van der Waals surface area contributed by atoms with Gasteiger partial charge in [0.05, 0.1) is 12.8 Å². The summed E-state index contributed by atoms with van der Waals surface area (Å²) in [4.78, 5) is 16.6. The van der Waals surface area contributed by atoms with E-state index in [0.29, 0.717) is 21.9 Å². The number of hydrogen-bond acceptors (Lipinski definition) is 4. The lowest BCUT2D eigenvalue weighted by atomic mass is 9.99. The zero-order valence-electron chi connectivity index (χ0n) is 12.9. The van der Waals surface area contributed by atoms with Crippen LogP contribution in [0.1, 0.15) is 23.6 Å². The van der Waals surface area contributed by atoms with Crippen LogP contribution in [-0.2, 0) is 4.74 Å². The van der Waals surface area contributed by atoms with E-state index in [2.05, 4.69) is 4.98 Å². The summed E-state index contributed by atoms with van der Waals surface area (Å²) in [5, 5.41) is 2.15. The molecule has 1 aromatic heterocycles. The fourth-order valence-corrected chi connectivity index (χ4v) is 3.46. The molecule has 121 valence electrons. The van der Waals surface area contributed by atoms with Gasteiger partial charge in [-0.3, -0.25) is 0 Å². The zero-order valence-corrected chi connectivity index (χ0v) is 13.7. The molecular formula is C19H15FNO2S. The van der Waals surface area contributed by atoms with Crippen LogP contribution in [0.2, 0.25) is 0 Å². The zero-order chi connectivity index (χ0) is 16.7. The van der Waals surface area contributed by atoms with Crippen LogP contribution in [0.3, 0.4) is 0 Å². The highest BCUT2D eigenvalue weighted by molar-refractivity contribution is 7.16. The maximum Gasteiger partial charge on any atom is 0.349 e. The van der Waals surface area contributed by atoms with Crippen molar-refractivity contribution in [2.45, 2.75) is 6.92 Å². The number of ether oxygens (including phenoxy) is 1. The van der Waals surface area contributed by atoms with E-state index in [1.165, 1.54) is 23.6 Å². The molecule has 0 unspecified atom stereocenters. The van der Waals surface area contributed by atoms with Gasteiger partial charge in [-0.15, -0.1) is 11.3 Å². The molecule has 24 heavy (non-hydrogen) atoms. The maximum atomic E-state index is 14.2. The van der Waals surface area contributed by atoms with Crippen molar-refractivity contribution in [3.05, 3.63) is 65.3 Å². The Morgan fingerprint density at radius 1 is 1.38 bits per heavy atom. The van der Waals surface area contributed by atoms with Crippen molar-refractivity contribution in [3.63, 3.8) is 0 Å². The summed E-state index contributed by atoms with van der Waals surface area (Å²) >= 11 is 1.28. The van der Waals surface area contributed by atoms with Crippen molar-refractivity contribution in [1.82, 2.24) is 4.98 Å². The van der Waals surface area contributed by atoms with Gasteiger partial charge < -0.3 is 4.74 Å². The van der Waals surface area contributed by atoms with Gasteiger partial charge in [-0.05, 0) is 41.6 Å². The molecule has 3 nitrogen and oxygen atoms in total. The lowest BCUT2D eigenvalue weighted by Crippen LogP contribution is -2.01. The maximum absolute atomic E-state index is 14.2. The Morgan fingerprint density at radius 2 is 2.21 bits per heavy atom. The van der Waals surface area contributed by atoms with Gasteiger partial charge in [-0.25, -0.2) is 14.2 Å². The average molecular weight is 340 g/mol. The monoisotopic (exact) mass is 340 g/mol. The molecule has 1 heterocycles. The highest BCUT2D eigenvalue weighted by Gasteiger charge is 2.19. The highest BCUT2D eigenvalue weighted by Crippen LogP contribution is 2.39. The number of carbonyl (C=O) groups excluding carboxylic acids is 1. The number of hydrogen-bond donors (Lipinski definition) is 0. The summed E-state index contributed by atoms with van der Waals surface area (Å²) in [6, 6.07) is 8.88. The smallest absolute Gasteiger partial charge is 0.349 e. The number of aromatic nitrogens is 1. The molecule has 0 N–H and O–H groups in total. The third kappa shape index (κ3) is 2.61. The molecule has 2 aromatic carbocycles. The summed E-state index contributed by atoms with van der Waals surface area (Å²) in [6.07, 6.45) is 5.43. The largest absolute Gasteiger partial charge is 0.462 e. The Labute approximate surface area is 143 Å². The van der Waals surface area contributed by atoms with E-state index < -0.39 is 0 Å². The average Bonchev–Trinajstić information content (AvgIpc) is 3.30. The number of allylic oxidation sites excluding steroid dienone is 2. The molecule has 0 bridgehead atoms. The van der Waals surface area contributed by atoms with Gasteiger partial charge in [-0.1, -0.05) is 18.2 Å². The second-order valence-corrected chi connectivity index (χ2v) is 6.43. The van der Waals surface area contributed by atoms with Crippen molar-refractivity contribution < 1.29 is 15.3 Å². The molecule has 4 rings (SSSR count). The summed E-state index contributed by atoms with van der Waals surface area (Å²) in [5.41, 5.74) is 2.74. The van der Waals surface area contributed by atoms with E-state index in [-0.39, 0.29) is 13.2 Å². The van der Waals surface area contributed by atoms with Crippen molar-refractivity contribution in [2.75, 3.05) is 6.61 Å². The van der Waals surface area contributed by atoms with E-state index in [1.54, 1.807) is 13.0 Å². The summed E-state index contributed by atoms with van der Waals surface area (Å²) in [7, 11) is 0. The van der Waals surface area contributed by atoms with Gasteiger partial charge in [-0.2, -0.15) is 0 Å². The fourth-order valence-electron chi connectivity index (χ4n) is 2.66. The number of esters is 1.